The highest BCUT2D eigenvalue weighted by molar-refractivity contribution is 7.25. The third-order valence-electron chi connectivity index (χ3n) is 4.70. The van der Waals surface area contributed by atoms with Gasteiger partial charge in [-0.3, -0.25) is 19.8 Å². The number of nitrogens with zero attached hydrogens (tertiary/aromatic N) is 2. The van der Waals surface area contributed by atoms with Crippen molar-refractivity contribution in [2.45, 2.75) is 19.9 Å². The number of nitro benzene ring substituents is 1. The molecule has 0 amide bonds. The number of hydrogen-bond donors (Lipinski definition) is 2. The van der Waals surface area contributed by atoms with Crippen molar-refractivity contribution < 1.29 is 10.0 Å². The lowest BCUT2D eigenvalue weighted by Gasteiger charge is -2.25. The van der Waals surface area contributed by atoms with E-state index in [2.05, 4.69) is 10.2 Å². The fraction of sp³-hybridized carbons (Fsp3) is 0.350. The fourth-order valence-corrected chi connectivity index (χ4v) is 4.56. The second-order valence-electron chi connectivity index (χ2n) is 6.68. The van der Waals surface area contributed by atoms with Crippen LogP contribution in [0.1, 0.15) is 13.8 Å². The summed E-state index contributed by atoms with van der Waals surface area (Å²) in [7, 11) is 0. The van der Waals surface area contributed by atoms with Crippen LogP contribution in [0.15, 0.2) is 41.2 Å². The van der Waals surface area contributed by atoms with Crippen LogP contribution in [0.4, 0.5) is 11.4 Å². The molecule has 1 aromatic heterocycles. The van der Waals surface area contributed by atoms with Gasteiger partial charge in [0, 0.05) is 41.0 Å². The lowest BCUT2D eigenvalue weighted by atomic mass is 10.1. The van der Waals surface area contributed by atoms with E-state index >= 15 is 0 Å². The highest BCUT2D eigenvalue weighted by Gasteiger charge is 2.20. The van der Waals surface area contributed by atoms with E-state index in [1.165, 1.54) is 17.4 Å². The Kier molecular flexibility index (Phi) is 6.23. The molecule has 0 saturated heterocycles. The Bertz CT molecular complexity index is 1070. The molecule has 7 nitrogen and oxygen atoms in total. The highest BCUT2D eigenvalue weighted by atomic mass is 32.1. The van der Waals surface area contributed by atoms with E-state index in [0.717, 1.165) is 11.2 Å². The van der Waals surface area contributed by atoms with Crippen LogP contribution in [0.2, 0.25) is 0 Å². The van der Waals surface area contributed by atoms with E-state index in [1.807, 2.05) is 19.9 Å². The monoisotopic (exact) mass is 401 g/mol. The lowest BCUT2D eigenvalue weighted by molar-refractivity contribution is -0.382. The first-order chi connectivity index (χ1) is 13.5. The van der Waals surface area contributed by atoms with Gasteiger partial charge in [-0.05, 0) is 31.7 Å². The first kappa shape index (κ1) is 20.2. The molecule has 28 heavy (non-hydrogen) atoms. The van der Waals surface area contributed by atoms with Crippen molar-refractivity contribution in [1.82, 2.24) is 4.90 Å². The van der Waals surface area contributed by atoms with Gasteiger partial charge in [0.15, 0.2) is 5.43 Å². The zero-order valence-corrected chi connectivity index (χ0v) is 16.7. The normalized spacial score (nSPS) is 12.6. The molecule has 0 radical (unpaired) electrons. The van der Waals surface area contributed by atoms with Crippen LogP contribution in [0, 0.1) is 10.1 Å². The maximum absolute atomic E-state index is 13.1. The molecule has 2 aromatic carbocycles. The Morgan fingerprint density at radius 1 is 1.29 bits per heavy atom. The molecule has 0 aliphatic carbocycles. The number of non-ortho nitro benzene ring substituents is 1. The molecule has 0 fully saturated rings. The summed E-state index contributed by atoms with van der Waals surface area (Å²) in [6.07, 6.45) is 0. The molecule has 8 heteroatoms. The third-order valence-corrected chi connectivity index (χ3v) is 5.90. The number of likely N-dealkylation sites (N-methyl/N-ethyl adjacent to an activating group) is 1. The number of aliphatic hydroxyl groups excluding tert-OH is 1. The number of fused-ring (bicyclic) bond motifs is 2. The average molecular weight is 401 g/mol. The van der Waals surface area contributed by atoms with Gasteiger partial charge in [-0.2, -0.15) is 0 Å². The summed E-state index contributed by atoms with van der Waals surface area (Å²) in [5.74, 6) is 0. The van der Waals surface area contributed by atoms with Crippen LogP contribution in [0.3, 0.4) is 0 Å². The molecule has 0 spiro atoms. The minimum atomic E-state index is -0.444. The van der Waals surface area contributed by atoms with Crippen molar-refractivity contribution in [3.8, 4) is 0 Å². The molecule has 0 aliphatic rings. The van der Waals surface area contributed by atoms with Gasteiger partial charge in [-0.25, -0.2) is 0 Å². The SMILES string of the molecule is CCN(CCO)C[C@@H](C)Nc1ccc([N+](=O)[O-])c2sc3ccccc3c(=O)c12. The summed E-state index contributed by atoms with van der Waals surface area (Å²) >= 11 is 1.26. The lowest BCUT2D eigenvalue weighted by Crippen LogP contribution is -2.36. The van der Waals surface area contributed by atoms with E-state index in [1.54, 1.807) is 24.3 Å². The summed E-state index contributed by atoms with van der Waals surface area (Å²) in [4.78, 5) is 26.3. The third kappa shape index (κ3) is 3.99. The molecular formula is C20H23N3O4S. The standard InChI is InChI=1S/C20H23N3O4S/c1-3-22(10-11-24)12-13(2)21-15-8-9-16(23(26)27)20-18(15)19(25)14-6-4-5-7-17(14)28-20/h4-9,13,21,24H,3,10-12H2,1-2H3/t13-/m1/s1. The van der Waals surface area contributed by atoms with Crippen LogP contribution < -0.4 is 10.7 Å². The summed E-state index contributed by atoms with van der Waals surface area (Å²) < 4.78 is 1.11. The second kappa shape index (κ2) is 8.64. The molecule has 148 valence electrons. The number of anilines is 1. The molecule has 0 unspecified atom stereocenters. The summed E-state index contributed by atoms with van der Waals surface area (Å²) in [6.45, 7) is 6.14. The summed E-state index contributed by atoms with van der Waals surface area (Å²) in [5, 5.41) is 24.9. The van der Waals surface area contributed by atoms with Gasteiger partial charge in [-0.1, -0.05) is 19.1 Å². The Morgan fingerprint density at radius 2 is 2.04 bits per heavy atom. The fourth-order valence-electron chi connectivity index (χ4n) is 3.37. The first-order valence-corrected chi connectivity index (χ1v) is 10.0. The zero-order valence-electron chi connectivity index (χ0n) is 15.8. The predicted octanol–water partition coefficient (Wildman–Crippen LogP) is 3.44. The Balaban J connectivity index is 2.10. The van der Waals surface area contributed by atoms with Crippen LogP contribution in [0.25, 0.3) is 20.2 Å². The van der Waals surface area contributed by atoms with Gasteiger partial charge in [0.05, 0.1) is 16.9 Å². The van der Waals surface area contributed by atoms with Gasteiger partial charge >= 0.3 is 0 Å². The van der Waals surface area contributed by atoms with E-state index in [9.17, 15) is 14.9 Å². The maximum Gasteiger partial charge on any atom is 0.287 e. The Morgan fingerprint density at radius 3 is 2.71 bits per heavy atom. The van der Waals surface area contributed by atoms with E-state index in [-0.39, 0.29) is 23.8 Å². The average Bonchev–Trinajstić information content (AvgIpc) is 2.67. The van der Waals surface area contributed by atoms with Crippen molar-refractivity contribution in [3.63, 3.8) is 0 Å². The van der Waals surface area contributed by atoms with Crippen molar-refractivity contribution >= 4 is 42.9 Å². The molecule has 0 aliphatic heterocycles. The van der Waals surface area contributed by atoms with Crippen molar-refractivity contribution in [2.75, 3.05) is 31.6 Å². The molecule has 1 heterocycles. The molecule has 1 atom stereocenters. The number of nitrogens with one attached hydrogen (secondary N) is 1. The van der Waals surface area contributed by atoms with Crippen LogP contribution in [-0.4, -0.2) is 47.2 Å². The number of benzene rings is 2. The van der Waals surface area contributed by atoms with Crippen LogP contribution >= 0.6 is 11.3 Å². The minimum absolute atomic E-state index is 0.00738. The van der Waals surface area contributed by atoms with Crippen molar-refractivity contribution in [2.24, 2.45) is 0 Å². The minimum Gasteiger partial charge on any atom is -0.395 e. The summed E-state index contributed by atoms with van der Waals surface area (Å²) in [6, 6.07) is 10.2. The molecule has 0 bridgehead atoms. The molecule has 2 N–H and O–H groups in total. The maximum atomic E-state index is 13.1. The molecule has 3 rings (SSSR count). The van der Waals surface area contributed by atoms with Crippen LogP contribution in [-0.2, 0) is 0 Å². The van der Waals surface area contributed by atoms with E-state index < -0.39 is 4.92 Å². The molecular weight excluding hydrogens is 378 g/mol. The van der Waals surface area contributed by atoms with Crippen molar-refractivity contribution in [1.29, 1.82) is 0 Å². The number of rotatable bonds is 8. The number of nitro groups is 1. The number of hydrogen-bond acceptors (Lipinski definition) is 7. The topological polar surface area (TPSA) is 95.7 Å². The van der Waals surface area contributed by atoms with Crippen LogP contribution in [0.5, 0.6) is 0 Å². The van der Waals surface area contributed by atoms with Gasteiger partial charge < -0.3 is 10.4 Å². The zero-order chi connectivity index (χ0) is 20.3. The smallest absolute Gasteiger partial charge is 0.287 e. The largest absolute Gasteiger partial charge is 0.395 e. The molecule has 0 saturated carbocycles. The quantitative estimate of drug-likeness (QED) is 0.341. The first-order valence-electron chi connectivity index (χ1n) is 9.19. The van der Waals surface area contributed by atoms with Gasteiger partial charge in [-0.15, -0.1) is 11.3 Å². The van der Waals surface area contributed by atoms with Gasteiger partial charge in [0.25, 0.3) is 5.69 Å². The van der Waals surface area contributed by atoms with Gasteiger partial charge in [0.1, 0.15) is 4.70 Å². The van der Waals surface area contributed by atoms with Crippen molar-refractivity contribution in [3.05, 3.63) is 56.7 Å². The Hall–Kier alpha value is -2.55. The van der Waals surface area contributed by atoms with E-state index in [0.29, 0.717) is 34.2 Å². The molecule has 3 aromatic rings. The predicted molar refractivity (Wildman–Crippen MR) is 115 cm³/mol. The van der Waals surface area contributed by atoms with Gasteiger partial charge in [0.2, 0.25) is 0 Å². The number of aliphatic hydroxyl groups is 1. The highest BCUT2D eigenvalue weighted by Crippen LogP contribution is 2.35. The Labute approximate surface area is 166 Å². The van der Waals surface area contributed by atoms with E-state index in [4.69, 9.17) is 5.11 Å². The summed E-state index contributed by atoms with van der Waals surface area (Å²) in [5.41, 5.74) is 0.335. The second-order valence-corrected chi connectivity index (χ2v) is 7.74.